The molecule has 2 aliphatic rings. The van der Waals surface area contributed by atoms with Gasteiger partial charge in [0.15, 0.2) is 0 Å². The summed E-state index contributed by atoms with van der Waals surface area (Å²) < 4.78 is 5.55. The second kappa shape index (κ2) is 7.27. The number of piperidine rings is 2. The van der Waals surface area contributed by atoms with Crippen molar-refractivity contribution >= 4 is 17.4 Å². The zero-order valence-electron chi connectivity index (χ0n) is 13.8. The number of rotatable bonds is 4. The van der Waals surface area contributed by atoms with Crippen LogP contribution in [0.5, 0.6) is 0 Å². The van der Waals surface area contributed by atoms with Crippen LogP contribution in [0.25, 0.3) is 0 Å². The largest absolute Gasteiger partial charge is 0.368 e. The molecule has 0 saturated carbocycles. The van der Waals surface area contributed by atoms with E-state index in [0.717, 1.165) is 37.7 Å². The summed E-state index contributed by atoms with van der Waals surface area (Å²) in [6, 6.07) is 3.92. The SMILES string of the molecule is COC1(C(=O)Nc2ccc(N3CCCCC3)nc2)CCNCC1. The van der Waals surface area contributed by atoms with E-state index in [1.807, 2.05) is 12.1 Å². The molecule has 6 heteroatoms. The molecule has 0 atom stereocenters. The molecule has 0 spiro atoms. The van der Waals surface area contributed by atoms with Crippen molar-refractivity contribution in [3.05, 3.63) is 18.3 Å². The molecule has 1 aromatic rings. The van der Waals surface area contributed by atoms with E-state index in [1.165, 1.54) is 19.3 Å². The Kier molecular flexibility index (Phi) is 5.13. The number of carbonyl (C=O) groups is 1. The van der Waals surface area contributed by atoms with Gasteiger partial charge in [-0.25, -0.2) is 4.98 Å². The van der Waals surface area contributed by atoms with Crippen molar-refractivity contribution in [2.24, 2.45) is 0 Å². The Morgan fingerprint density at radius 3 is 2.61 bits per heavy atom. The van der Waals surface area contributed by atoms with Gasteiger partial charge in [-0.2, -0.15) is 0 Å². The van der Waals surface area contributed by atoms with Gasteiger partial charge in [-0.05, 0) is 57.3 Å². The summed E-state index contributed by atoms with van der Waals surface area (Å²) in [5.41, 5.74) is 0.00211. The molecule has 1 aromatic heterocycles. The van der Waals surface area contributed by atoms with E-state index in [-0.39, 0.29) is 5.91 Å². The third-order valence-corrected chi connectivity index (χ3v) is 4.90. The van der Waals surface area contributed by atoms with Crippen molar-refractivity contribution in [3.8, 4) is 0 Å². The van der Waals surface area contributed by atoms with Gasteiger partial charge in [0.2, 0.25) is 0 Å². The first-order chi connectivity index (χ1) is 11.2. The number of ether oxygens (including phenoxy) is 1. The number of nitrogens with one attached hydrogen (secondary N) is 2. The summed E-state index contributed by atoms with van der Waals surface area (Å²) in [6.07, 6.45) is 6.88. The van der Waals surface area contributed by atoms with Crippen LogP contribution in [0.3, 0.4) is 0 Å². The topological polar surface area (TPSA) is 66.5 Å². The molecule has 6 nitrogen and oxygen atoms in total. The lowest BCUT2D eigenvalue weighted by atomic mass is 9.91. The monoisotopic (exact) mass is 318 g/mol. The average Bonchev–Trinajstić information content (AvgIpc) is 2.63. The molecule has 2 N–H and O–H groups in total. The Bertz CT molecular complexity index is 520. The zero-order chi connectivity index (χ0) is 16.1. The molecule has 2 fully saturated rings. The molecular formula is C17H26N4O2. The minimum absolute atomic E-state index is 0.0750. The van der Waals surface area contributed by atoms with Gasteiger partial charge in [-0.15, -0.1) is 0 Å². The standard InChI is InChI=1S/C17H26N4O2/c1-23-17(7-9-18-10-8-17)16(22)20-14-5-6-15(19-13-14)21-11-3-2-4-12-21/h5-6,13,18H,2-4,7-12H2,1H3,(H,20,22). The lowest BCUT2D eigenvalue weighted by Crippen LogP contribution is -2.51. The van der Waals surface area contributed by atoms with E-state index in [2.05, 4.69) is 20.5 Å². The second-order valence-electron chi connectivity index (χ2n) is 6.36. The highest BCUT2D eigenvalue weighted by atomic mass is 16.5. The number of aromatic nitrogens is 1. The maximum Gasteiger partial charge on any atom is 0.256 e. The van der Waals surface area contributed by atoms with Crippen LogP contribution in [0.2, 0.25) is 0 Å². The highest BCUT2D eigenvalue weighted by Gasteiger charge is 2.39. The van der Waals surface area contributed by atoms with Crippen molar-refractivity contribution in [1.29, 1.82) is 0 Å². The number of nitrogens with zero attached hydrogens (tertiary/aromatic N) is 2. The number of anilines is 2. The van der Waals surface area contributed by atoms with Gasteiger partial charge in [-0.1, -0.05) is 0 Å². The number of hydrogen-bond acceptors (Lipinski definition) is 5. The van der Waals surface area contributed by atoms with E-state index in [9.17, 15) is 4.79 Å². The van der Waals surface area contributed by atoms with Crippen LogP contribution < -0.4 is 15.5 Å². The lowest BCUT2D eigenvalue weighted by molar-refractivity contribution is -0.140. The van der Waals surface area contributed by atoms with Gasteiger partial charge >= 0.3 is 0 Å². The van der Waals surface area contributed by atoms with Crippen LogP contribution in [-0.4, -0.2) is 49.8 Å². The Morgan fingerprint density at radius 1 is 1.26 bits per heavy atom. The van der Waals surface area contributed by atoms with Gasteiger partial charge < -0.3 is 20.3 Å². The van der Waals surface area contributed by atoms with Crippen LogP contribution in [-0.2, 0) is 9.53 Å². The molecule has 2 saturated heterocycles. The fourth-order valence-electron chi connectivity index (χ4n) is 3.37. The minimum atomic E-state index is -0.725. The van der Waals surface area contributed by atoms with Crippen molar-refractivity contribution in [2.45, 2.75) is 37.7 Å². The molecule has 0 bridgehead atoms. The Labute approximate surface area is 137 Å². The van der Waals surface area contributed by atoms with E-state index in [4.69, 9.17) is 4.74 Å². The lowest BCUT2D eigenvalue weighted by Gasteiger charge is -2.34. The van der Waals surface area contributed by atoms with Gasteiger partial charge in [-0.3, -0.25) is 4.79 Å². The molecular weight excluding hydrogens is 292 g/mol. The van der Waals surface area contributed by atoms with E-state index in [1.54, 1.807) is 13.3 Å². The summed E-state index contributed by atoms with van der Waals surface area (Å²) in [4.78, 5) is 19.4. The molecule has 0 aromatic carbocycles. The molecule has 0 aliphatic carbocycles. The first kappa shape index (κ1) is 16.2. The number of hydrogen-bond donors (Lipinski definition) is 2. The molecule has 1 amide bonds. The normalized spacial score (nSPS) is 21.0. The Hall–Kier alpha value is -1.66. The van der Waals surface area contributed by atoms with Gasteiger partial charge in [0.1, 0.15) is 11.4 Å². The molecule has 126 valence electrons. The van der Waals surface area contributed by atoms with Gasteiger partial charge in [0.25, 0.3) is 5.91 Å². The summed E-state index contributed by atoms with van der Waals surface area (Å²) in [7, 11) is 1.61. The quantitative estimate of drug-likeness (QED) is 0.886. The summed E-state index contributed by atoms with van der Waals surface area (Å²) >= 11 is 0. The predicted molar refractivity (Wildman–Crippen MR) is 90.8 cm³/mol. The van der Waals surface area contributed by atoms with Crippen molar-refractivity contribution in [2.75, 3.05) is 43.5 Å². The summed E-state index contributed by atoms with van der Waals surface area (Å²) in [5, 5.41) is 6.22. The van der Waals surface area contributed by atoms with Gasteiger partial charge in [0.05, 0.1) is 11.9 Å². The maximum atomic E-state index is 12.6. The summed E-state index contributed by atoms with van der Waals surface area (Å²) in [6.45, 7) is 3.73. The number of carbonyl (C=O) groups excluding carboxylic acids is 1. The highest BCUT2D eigenvalue weighted by Crippen LogP contribution is 2.25. The third-order valence-electron chi connectivity index (χ3n) is 4.90. The van der Waals surface area contributed by atoms with E-state index >= 15 is 0 Å². The fraction of sp³-hybridized carbons (Fsp3) is 0.647. The van der Waals surface area contributed by atoms with Crippen LogP contribution >= 0.6 is 0 Å². The number of amides is 1. The Morgan fingerprint density at radius 2 is 2.00 bits per heavy atom. The van der Waals surface area contributed by atoms with Crippen LogP contribution in [0.4, 0.5) is 11.5 Å². The van der Waals surface area contributed by atoms with Crippen molar-refractivity contribution in [3.63, 3.8) is 0 Å². The van der Waals surface area contributed by atoms with E-state index < -0.39 is 5.60 Å². The van der Waals surface area contributed by atoms with E-state index in [0.29, 0.717) is 12.8 Å². The third kappa shape index (κ3) is 3.64. The number of methoxy groups -OCH3 is 1. The molecule has 3 heterocycles. The molecule has 2 aliphatic heterocycles. The second-order valence-corrected chi connectivity index (χ2v) is 6.36. The van der Waals surface area contributed by atoms with Crippen LogP contribution in [0, 0.1) is 0 Å². The summed E-state index contributed by atoms with van der Waals surface area (Å²) in [5.74, 6) is 0.917. The first-order valence-corrected chi connectivity index (χ1v) is 8.52. The smallest absolute Gasteiger partial charge is 0.256 e. The zero-order valence-corrected chi connectivity index (χ0v) is 13.8. The van der Waals surface area contributed by atoms with Gasteiger partial charge in [0, 0.05) is 20.2 Å². The van der Waals surface area contributed by atoms with Crippen molar-refractivity contribution < 1.29 is 9.53 Å². The van der Waals surface area contributed by atoms with Crippen molar-refractivity contribution in [1.82, 2.24) is 10.3 Å². The first-order valence-electron chi connectivity index (χ1n) is 8.52. The molecule has 3 rings (SSSR count). The predicted octanol–water partition coefficient (Wildman–Crippen LogP) is 1.78. The molecule has 23 heavy (non-hydrogen) atoms. The maximum absolute atomic E-state index is 12.6. The van der Waals surface area contributed by atoms with Crippen LogP contribution in [0.1, 0.15) is 32.1 Å². The number of pyridine rings is 1. The van der Waals surface area contributed by atoms with Crippen LogP contribution in [0.15, 0.2) is 18.3 Å². The Balaban J connectivity index is 1.64. The fourth-order valence-corrected chi connectivity index (χ4v) is 3.37. The highest BCUT2D eigenvalue weighted by molar-refractivity contribution is 5.97. The molecule has 0 unspecified atom stereocenters. The molecule has 0 radical (unpaired) electrons. The average molecular weight is 318 g/mol. The minimum Gasteiger partial charge on any atom is -0.368 e.